The van der Waals surface area contributed by atoms with Gasteiger partial charge in [-0.3, -0.25) is 9.59 Å². The van der Waals surface area contributed by atoms with Gasteiger partial charge in [-0.05, 0) is 31.2 Å². The molecule has 20 heavy (non-hydrogen) atoms. The summed E-state index contributed by atoms with van der Waals surface area (Å²) in [6, 6.07) is 10.0. The van der Waals surface area contributed by atoms with Gasteiger partial charge in [-0.15, -0.1) is 0 Å². The summed E-state index contributed by atoms with van der Waals surface area (Å²) in [4.78, 5) is 24.7. The minimum Gasteiger partial charge on any atom is -0.481 e. The first-order valence-electron chi connectivity index (χ1n) is 7.22. The van der Waals surface area contributed by atoms with Gasteiger partial charge < -0.3 is 10.0 Å². The molecule has 1 N–H and O–H groups in total. The van der Waals surface area contributed by atoms with Crippen molar-refractivity contribution in [3.8, 4) is 0 Å². The Morgan fingerprint density at radius 2 is 2.00 bits per heavy atom. The summed E-state index contributed by atoms with van der Waals surface area (Å²) < 4.78 is 0. The second kappa shape index (κ2) is 7.08. The SMILES string of the molecule is O=C(O)CC1CCCN1C(=O)CCCc1ccccc1. The number of carboxylic acid groups (broad SMARTS) is 1. The molecule has 4 nitrogen and oxygen atoms in total. The second-order valence-electron chi connectivity index (χ2n) is 5.32. The van der Waals surface area contributed by atoms with Crippen LogP contribution in [0.5, 0.6) is 0 Å². The number of amides is 1. The highest BCUT2D eigenvalue weighted by Crippen LogP contribution is 2.21. The Hall–Kier alpha value is -1.84. The summed E-state index contributed by atoms with van der Waals surface area (Å²) in [5.41, 5.74) is 1.24. The topological polar surface area (TPSA) is 57.6 Å². The van der Waals surface area contributed by atoms with Gasteiger partial charge in [0.1, 0.15) is 0 Å². The van der Waals surface area contributed by atoms with E-state index in [-0.39, 0.29) is 18.4 Å². The molecule has 1 heterocycles. The van der Waals surface area contributed by atoms with E-state index in [1.54, 1.807) is 4.90 Å². The summed E-state index contributed by atoms with van der Waals surface area (Å²) in [5.74, 6) is -0.719. The number of rotatable bonds is 6. The summed E-state index contributed by atoms with van der Waals surface area (Å²) in [6.45, 7) is 0.710. The third kappa shape index (κ3) is 4.08. The Kier molecular flexibility index (Phi) is 5.16. The largest absolute Gasteiger partial charge is 0.481 e. The maximum Gasteiger partial charge on any atom is 0.305 e. The van der Waals surface area contributed by atoms with Crippen LogP contribution >= 0.6 is 0 Å². The molecule has 1 atom stereocenters. The van der Waals surface area contributed by atoms with Crippen molar-refractivity contribution >= 4 is 11.9 Å². The average molecular weight is 275 g/mol. The van der Waals surface area contributed by atoms with Crippen molar-refractivity contribution in [2.45, 2.75) is 44.6 Å². The predicted octanol–water partition coefficient (Wildman–Crippen LogP) is 2.48. The number of aryl methyl sites for hydroxylation is 1. The molecule has 0 spiro atoms. The minimum absolute atomic E-state index is 0.0738. The lowest BCUT2D eigenvalue weighted by Crippen LogP contribution is -2.36. The number of hydrogen-bond acceptors (Lipinski definition) is 2. The number of nitrogens with zero attached hydrogens (tertiary/aromatic N) is 1. The number of hydrogen-bond donors (Lipinski definition) is 1. The maximum atomic E-state index is 12.2. The van der Waals surface area contributed by atoms with Crippen LogP contribution in [0.25, 0.3) is 0 Å². The maximum absolute atomic E-state index is 12.2. The number of likely N-dealkylation sites (tertiary alicyclic amines) is 1. The van der Waals surface area contributed by atoms with Gasteiger partial charge >= 0.3 is 5.97 Å². The van der Waals surface area contributed by atoms with E-state index in [4.69, 9.17) is 5.11 Å². The molecular weight excluding hydrogens is 254 g/mol. The number of aliphatic carboxylic acids is 1. The lowest BCUT2D eigenvalue weighted by atomic mass is 10.1. The highest BCUT2D eigenvalue weighted by atomic mass is 16.4. The zero-order chi connectivity index (χ0) is 14.4. The molecule has 1 fully saturated rings. The monoisotopic (exact) mass is 275 g/mol. The van der Waals surface area contributed by atoms with E-state index >= 15 is 0 Å². The third-order valence-corrected chi connectivity index (χ3v) is 3.81. The van der Waals surface area contributed by atoms with Gasteiger partial charge in [-0.25, -0.2) is 0 Å². The molecule has 1 aliphatic heterocycles. The van der Waals surface area contributed by atoms with Crippen LogP contribution in [0.1, 0.15) is 37.7 Å². The van der Waals surface area contributed by atoms with Gasteiger partial charge in [0.05, 0.1) is 6.42 Å². The van der Waals surface area contributed by atoms with Gasteiger partial charge in [0.2, 0.25) is 5.91 Å². The summed E-state index contributed by atoms with van der Waals surface area (Å²) >= 11 is 0. The third-order valence-electron chi connectivity index (χ3n) is 3.81. The average Bonchev–Trinajstić information content (AvgIpc) is 2.87. The van der Waals surface area contributed by atoms with E-state index in [0.29, 0.717) is 13.0 Å². The van der Waals surface area contributed by atoms with Crippen molar-refractivity contribution in [2.75, 3.05) is 6.54 Å². The quantitative estimate of drug-likeness (QED) is 0.867. The first-order chi connectivity index (χ1) is 9.66. The molecule has 1 saturated heterocycles. The van der Waals surface area contributed by atoms with Gasteiger partial charge in [0.15, 0.2) is 0 Å². The Labute approximate surface area is 119 Å². The van der Waals surface area contributed by atoms with Crippen molar-refractivity contribution in [1.82, 2.24) is 4.90 Å². The van der Waals surface area contributed by atoms with E-state index in [9.17, 15) is 9.59 Å². The highest BCUT2D eigenvalue weighted by molar-refractivity contribution is 5.78. The molecule has 0 radical (unpaired) electrons. The lowest BCUT2D eigenvalue weighted by Gasteiger charge is -2.23. The fourth-order valence-corrected chi connectivity index (χ4v) is 2.81. The van der Waals surface area contributed by atoms with Crippen LogP contribution in [0.2, 0.25) is 0 Å². The molecule has 108 valence electrons. The van der Waals surface area contributed by atoms with Crippen molar-refractivity contribution in [3.05, 3.63) is 35.9 Å². The Bertz CT molecular complexity index is 458. The molecular formula is C16H21NO3. The van der Waals surface area contributed by atoms with Crippen LogP contribution < -0.4 is 0 Å². The first-order valence-corrected chi connectivity index (χ1v) is 7.22. The predicted molar refractivity (Wildman–Crippen MR) is 76.4 cm³/mol. The molecule has 1 aromatic carbocycles. The molecule has 1 aliphatic rings. The molecule has 2 rings (SSSR count). The molecule has 1 amide bonds. The van der Waals surface area contributed by atoms with Crippen molar-refractivity contribution in [1.29, 1.82) is 0 Å². The number of carbonyl (C=O) groups excluding carboxylic acids is 1. The van der Waals surface area contributed by atoms with Crippen molar-refractivity contribution in [3.63, 3.8) is 0 Å². The minimum atomic E-state index is -0.820. The van der Waals surface area contributed by atoms with E-state index in [1.807, 2.05) is 18.2 Å². The van der Waals surface area contributed by atoms with E-state index < -0.39 is 5.97 Å². The van der Waals surface area contributed by atoms with Gasteiger partial charge in [0, 0.05) is 19.0 Å². The second-order valence-corrected chi connectivity index (χ2v) is 5.32. The Morgan fingerprint density at radius 3 is 2.70 bits per heavy atom. The smallest absolute Gasteiger partial charge is 0.305 e. The number of carbonyl (C=O) groups is 2. The van der Waals surface area contributed by atoms with Crippen LogP contribution in [0.4, 0.5) is 0 Å². The van der Waals surface area contributed by atoms with E-state index in [2.05, 4.69) is 12.1 Å². The van der Waals surface area contributed by atoms with Gasteiger partial charge in [0.25, 0.3) is 0 Å². The first kappa shape index (κ1) is 14.6. The standard InChI is InChI=1S/C16H21NO3/c18-15(10-4-8-13-6-2-1-3-7-13)17-11-5-9-14(17)12-16(19)20/h1-3,6-7,14H,4-5,8-12H2,(H,19,20). The molecule has 1 unspecified atom stereocenters. The lowest BCUT2D eigenvalue weighted by molar-refractivity contribution is -0.139. The molecule has 0 bridgehead atoms. The van der Waals surface area contributed by atoms with Crippen LogP contribution in [-0.4, -0.2) is 34.5 Å². The molecule has 0 saturated carbocycles. The molecule has 0 aliphatic carbocycles. The Morgan fingerprint density at radius 1 is 1.25 bits per heavy atom. The van der Waals surface area contributed by atoms with Gasteiger partial charge in [-0.1, -0.05) is 30.3 Å². The number of carboxylic acids is 1. The summed E-state index contributed by atoms with van der Waals surface area (Å²) in [6.07, 6.45) is 4.03. The molecule has 4 heteroatoms. The fraction of sp³-hybridized carbons (Fsp3) is 0.500. The van der Waals surface area contributed by atoms with Gasteiger partial charge in [-0.2, -0.15) is 0 Å². The summed E-state index contributed by atoms with van der Waals surface area (Å²) in [7, 11) is 0. The van der Waals surface area contributed by atoms with Crippen LogP contribution in [-0.2, 0) is 16.0 Å². The van der Waals surface area contributed by atoms with E-state index in [0.717, 1.165) is 25.7 Å². The highest BCUT2D eigenvalue weighted by Gasteiger charge is 2.29. The van der Waals surface area contributed by atoms with Crippen LogP contribution in [0.15, 0.2) is 30.3 Å². The zero-order valence-electron chi connectivity index (χ0n) is 11.6. The molecule has 1 aromatic rings. The molecule has 0 aromatic heterocycles. The fourth-order valence-electron chi connectivity index (χ4n) is 2.81. The van der Waals surface area contributed by atoms with E-state index in [1.165, 1.54) is 5.56 Å². The van der Waals surface area contributed by atoms with Crippen molar-refractivity contribution in [2.24, 2.45) is 0 Å². The summed E-state index contributed by atoms with van der Waals surface area (Å²) in [5, 5.41) is 8.86. The number of benzene rings is 1. The Balaban J connectivity index is 1.78. The zero-order valence-corrected chi connectivity index (χ0v) is 11.6. The van der Waals surface area contributed by atoms with Crippen LogP contribution in [0.3, 0.4) is 0 Å². The van der Waals surface area contributed by atoms with Crippen molar-refractivity contribution < 1.29 is 14.7 Å². The van der Waals surface area contributed by atoms with Crippen LogP contribution in [0, 0.1) is 0 Å². The normalized spacial score (nSPS) is 18.2.